The fourth-order valence-corrected chi connectivity index (χ4v) is 2.02. The maximum atomic E-state index is 12.0. The van der Waals surface area contributed by atoms with Gasteiger partial charge >= 0.3 is 18.0 Å². The molecule has 1 saturated heterocycles. The number of esters is 1. The number of nitrogens with one attached hydrogen (secondary N) is 1. The Morgan fingerprint density at radius 1 is 1.24 bits per heavy atom. The number of urea groups is 1. The van der Waals surface area contributed by atoms with Gasteiger partial charge in [0.05, 0.1) is 6.61 Å². The van der Waals surface area contributed by atoms with E-state index in [1.807, 2.05) is 0 Å². The van der Waals surface area contributed by atoms with Crippen molar-refractivity contribution < 1.29 is 33.8 Å². The second-order valence-corrected chi connectivity index (χ2v) is 4.94. The van der Waals surface area contributed by atoms with Gasteiger partial charge in [0.1, 0.15) is 18.0 Å². The molecule has 0 aliphatic carbocycles. The fourth-order valence-electron chi connectivity index (χ4n) is 2.02. The van der Waals surface area contributed by atoms with Crippen LogP contribution in [-0.4, -0.2) is 53.6 Å². The molecule has 25 heavy (non-hydrogen) atoms. The van der Waals surface area contributed by atoms with Gasteiger partial charge in [-0.1, -0.05) is 12.1 Å². The van der Waals surface area contributed by atoms with Crippen molar-refractivity contribution in [1.29, 1.82) is 0 Å². The molecule has 2 N–H and O–H groups in total. The molecule has 0 radical (unpaired) electrons. The monoisotopic (exact) mass is 348 g/mol. The second kappa shape index (κ2) is 7.95. The molecule has 1 aromatic rings. The lowest BCUT2D eigenvalue weighted by atomic mass is 10.2. The van der Waals surface area contributed by atoms with Gasteiger partial charge in [-0.15, -0.1) is 0 Å². The van der Waals surface area contributed by atoms with Crippen molar-refractivity contribution in [3.63, 3.8) is 0 Å². The number of amides is 3. The number of carbonyl (C=O) groups excluding carboxylic acids is 3. The lowest BCUT2D eigenvalue weighted by Gasteiger charge is -2.07. The Kier molecular flexibility index (Phi) is 5.72. The SMILES string of the molecule is CCOC(=O)COc1ccc(/C=C2/NC(=O)N(CC(=O)O)C2=O)cc1. The number of carbonyl (C=O) groups is 4. The van der Waals surface area contributed by atoms with Crippen molar-refractivity contribution in [3.8, 4) is 5.75 Å². The Hall–Kier alpha value is -3.36. The van der Waals surface area contributed by atoms with Crippen molar-refractivity contribution in [1.82, 2.24) is 10.2 Å². The number of aliphatic carboxylic acids is 1. The molecular formula is C16H16N2O7. The number of benzene rings is 1. The number of nitrogens with zero attached hydrogens (tertiary/aromatic N) is 1. The Morgan fingerprint density at radius 2 is 1.92 bits per heavy atom. The van der Waals surface area contributed by atoms with E-state index in [1.165, 1.54) is 6.08 Å². The number of carboxylic acids is 1. The molecule has 9 nitrogen and oxygen atoms in total. The standard InChI is InChI=1S/C16H16N2O7/c1-2-24-14(21)9-25-11-5-3-10(4-6-11)7-12-15(22)18(8-13(19)20)16(23)17-12/h3-7H,2,8-9H2,1H3,(H,17,23)(H,19,20)/b12-7+. The van der Waals surface area contributed by atoms with Gasteiger partial charge in [-0.3, -0.25) is 9.59 Å². The van der Waals surface area contributed by atoms with Crippen LogP contribution >= 0.6 is 0 Å². The number of carboxylic acid groups (broad SMARTS) is 1. The summed E-state index contributed by atoms with van der Waals surface area (Å²) in [5, 5.41) is 11.0. The van der Waals surface area contributed by atoms with Crippen molar-refractivity contribution in [2.24, 2.45) is 0 Å². The molecule has 0 spiro atoms. The Bertz CT molecular complexity index is 725. The highest BCUT2D eigenvalue weighted by atomic mass is 16.6. The predicted octanol–water partition coefficient (Wildman–Crippen LogP) is 0.606. The predicted molar refractivity (Wildman–Crippen MR) is 84.4 cm³/mol. The van der Waals surface area contributed by atoms with Gasteiger partial charge in [0, 0.05) is 0 Å². The summed E-state index contributed by atoms with van der Waals surface area (Å²) in [6, 6.07) is 5.62. The number of hydrogen-bond donors (Lipinski definition) is 2. The van der Waals surface area contributed by atoms with Gasteiger partial charge in [0.25, 0.3) is 5.91 Å². The van der Waals surface area contributed by atoms with Crippen molar-refractivity contribution in [2.45, 2.75) is 6.92 Å². The first-order valence-electron chi connectivity index (χ1n) is 7.35. The summed E-state index contributed by atoms with van der Waals surface area (Å²) in [5.41, 5.74) is 0.566. The lowest BCUT2D eigenvalue weighted by molar-refractivity contribution is -0.145. The van der Waals surface area contributed by atoms with Crippen LogP contribution in [0.4, 0.5) is 4.79 Å². The summed E-state index contributed by atoms with van der Waals surface area (Å²) in [5.74, 6) is -2.04. The van der Waals surface area contributed by atoms with Crippen LogP contribution in [0.1, 0.15) is 12.5 Å². The lowest BCUT2D eigenvalue weighted by Crippen LogP contribution is -2.35. The van der Waals surface area contributed by atoms with E-state index in [4.69, 9.17) is 14.6 Å². The zero-order valence-electron chi connectivity index (χ0n) is 13.4. The summed E-state index contributed by atoms with van der Waals surface area (Å²) in [6.07, 6.45) is 1.41. The smallest absolute Gasteiger partial charge is 0.344 e. The van der Waals surface area contributed by atoms with E-state index in [9.17, 15) is 19.2 Å². The number of rotatable bonds is 7. The minimum absolute atomic E-state index is 0.0218. The highest BCUT2D eigenvalue weighted by Crippen LogP contribution is 2.17. The van der Waals surface area contributed by atoms with E-state index >= 15 is 0 Å². The highest BCUT2D eigenvalue weighted by molar-refractivity contribution is 6.15. The summed E-state index contributed by atoms with van der Waals surface area (Å²) >= 11 is 0. The van der Waals surface area contributed by atoms with Crippen molar-refractivity contribution in [3.05, 3.63) is 35.5 Å². The molecule has 0 saturated carbocycles. The van der Waals surface area contributed by atoms with E-state index in [-0.39, 0.29) is 18.9 Å². The Balaban J connectivity index is 2.02. The molecule has 2 rings (SSSR count). The van der Waals surface area contributed by atoms with Crippen molar-refractivity contribution >= 4 is 30.0 Å². The normalized spacial score (nSPS) is 15.2. The Morgan fingerprint density at radius 3 is 2.52 bits per heavy atom. The van der Waals surface area contributed by atoms with Gasteiger partial charge < -0.3 is 19.9 Å². The van der Waals surface area contributed by atoms with E-state index in [0.29, 0.717) is 16.2 Å². The molecule has 0 unspecified atom stereocenters. The van der Waals surface area contributed by atoms with Crippen LogP contribution in [0.5, 0.6) is 5.75 Å². The second-order valence-electron chi connectivity index (χ2n) is 4.94. The number of ether oxygens (including phenoxy) is 2. The Labute approximate surface area is 142 Å². The highest BCUT2D eigenvalue weighted by Gasteiger charge is 2.34. The summed E-state index contributed by atoms with van der Waals surface area (Å²) in [7, 11) is 0. The maximum absolute atomic E-state index is 12.0. The fraction of sp³-hybridized carbons (Fsp3) is 0.250. The van der Waals surface area contributed by atoms with Gasteiger partial charge in [-0.2, -0.15) is 0 Å². The first-order chi connectivity index (χ1) is 11.9. The molecule has 0 aromatic heterocycles. The minimum Gasteiger partial charge on any atom is -0.482 e. The average Bonchev–Trinajstić information content (AvgIpc) is 2.82. The molecule has 1 heterocycles. The first kappa shape index (κ1) is 18.0. The van der Waals surface area contributed by atoms with Gasteiger partial charge in [0.15, 0.2) is 6.61 Å². The molecule has 0 bridgehead atoms. The molecule has 132 valence electrons. The summed E-state index contributed by atoms with van der Waals surface area (Å²) in [4.78, 5) is 46.1. The first-order valence-corrected chi connectivity index (χ1v) is 7.35. The zero-order chi connectivity index (χ0) is 18.4. The quantitative estimate of drug-likeness (QED) is 0.420. The molecule has 1 fully saturated rings. The van der Waals surface area contributed by atoms with Crippen LogP contribution < -0.4 is 10.1 Å². The van der Waals surface area contributed by atoms with Crippen molar-refractivity contribution in [2.75, 3.05) is 19.8 Å². The summed E-state index contributed by atoms with van der Waals surface area (Å²) in [6.45, 7) is 1.05. The molecular weight excluding hydrogens is 332 g/mol. The maximum Gasteiger partial charge on any atom is 0.344 e. The third-order valence-electron chi connectivity index (χ3n) is 3.11. The topological polar surface area (TPSA) is 122 Å². The van der Waals surface area contributed by atoms with Crippen LogP contribution in [0.15, 0.2) is 30.0 Å². The third-order valence-corrected chi connectivity index (χ3v) is 3.11. The van der Waals surface area contributed by atoms with Crippen LogP contribution in [0.2, 0.25) is 0 Å². The third kappa shape index (κ3) is 4.80. The largest absolute Gasteiger partial charge is 0.482 e. The average molecular weight is 348 g/mol. The van der Waals surface area contributed by atoms with Gasteiger partial charge in [-0.05, 0) is 30.7 Å². The summed E-state index contributed by atoms with van der Waals surface area (Å²) < 4.78 is 9.98. The van der Waals surface area contributed by atoms with Gasteiger partial charge in [-0.25, -0.2) is 14.5 Å². The number of hydrogen-bond acceptors (Lipinski definition) is 6. The molecule has 1 aliphatic heterocycles. The molecule has 0 atom stereocenters. The molecule has 1 aromatic carbocycles. The van der Waals surface area contributed by atoms with E-state index in [2.05, 4.69) is 5.32 Å². The van der Waals surface area contributed by atoms with Gasteiger partial charge in [0.2, 0.25) is 0 Å². The van der Waals surface area contributed by atoms with Crippen LogP contribution in [0.25, 0.3) is 6.08 Å². The minimum atomic E-state index is -1.28. The van der Waals surface area contributed by atoms with Crippen LogP contribution in [0.3, 0.4) is 0 Å². The van der Waals surface area contributed by atoms with Crippen LogP contribution in [-0.2, 0) is 19.1 Å². The molecule has 3 amide bonds. The van der Waals surface area contributed by atoms with E-state index < -0.39 is 30.4 Å². The molecule has 9 heteroatoms. The van der Waals surface area contributed by atoms with Crippen LogP contribution in [0, 0.1) is 0 Å². The number of imide groups is 1. The van der Waals surface area contributed by atoms with E-state index in [0.717, 1.165) is 0 Å². The zero-order valence-corrected chi connectivity index (χ0v) is 13.4. The molecule has 1 aliphatic rings. The van der Waals surface area contributed by atoms with E-state index in [1.54, 1.807) is 31.2 Å².